The summed E-state index contributed by atoms with van der Waals surface area (Å²) in [5, 5.41) is 0.144. The second kappa shape index (κ2) is 8.34. The smallest absolute Gasteiger partial charge is 0.264 e. The number of hydrogen-bond acceptors (Lipinski definition) is 5. The van der Waals surface area contributed by atoms with E-state index in [1.54, 1.807) is 12.1 Å². The number of nitrogens with two attached hydrogens (primary N) is 1. The third kappa shape index (κ3) is 3.97. The number of sulfonamides is 1. The molecule has 1 aliphatic rings. The number of benzene rings is 3. The van der Waals surface area contributed by atoms with Gasteiger partial charge in [-0.3, -0.25) is 4.72 Å². The van der Waals surface area contributed by atoms with E-state index >= 15 is 0 Å². The van der Waals surface area contributed by atoms with Gasteiger partial charge in [0.2, 0.25) is 5.95 Å². The molecule has 0 radical (unpaired) electrons. The Morgan fingerprint density at radius 2 is 1.74 bits per heavy atom. The molecule has 1 heterocycles. The summed E-state index contributed by atoms with van der Waals surface area (Å²) >= 11 is 6.40. The second-order valence-corrected chi connectivity index (χ2v) is 9.85. The molecule has 0 fully saturated rings. The van der Waals surface area contributed by atoms with Gasteiger partial charge in [0.25, 0.3) is 10.0 Å². The highest BCUT2D eigenvalue weighted by molar-refractivity contribution is 7.92. The van der Waals surface area contributed by atoms with Crippen LogP contribution in [0.1, 0.15) is 11.3 Å². The molecule has 0 saturated heterocycles. The molecule has 3 aromatic carbocycles. The number of aromatic nitrogens is 2. The number of anilines is 2. The summed E-state index contributed by atoms with van der Waals surface area (Å²) in [7, 11) is -4.38. The zero-order chi connectivity index (χ0) is 24.0. The molecule has 10 heteroatoms. The Bertz CT molecular complexity index is 1550. The predicted octanol–water partition coefficient (Wildman–Crippen LogP) is 5.22. The van der Waals surface area contributed by atoms with Gasteiger partial charge in [0.15, 0.2) is 0 Å². The van der Waals surface area contributed by atoms with E-state index in [4.69, 9.17) is 17.3 Å². The van der Waals surface area contributed by atoms with E-state index in [0.717, 1.165) is 34.5 Å². The van der Waals surface area contributed by atoms with Gasteiger partial charge in [-0.05, 0) is 48.2 Å². The maximum Gasteiger partial charge on any atom is 0.264 e. The van der Waals surface area contributed by atoms with Crippen LogP contribution in [0.5, 0.6) is 0 Å². The average Bonchev–Trinajstić information content (AvgIpc) is 2.79. The normalized spacial score (nSPS) is 12.7. The van der Waals surface area contributed by atoms with Crippen LogP contribution in [0.4, 0.5) is 20.4 Å². The van der Waals surface area contributed by atoms with Crippen molar-refractivity contribution in [3.8, 4) is 22.4 Å². The molecule has 0 bridgehead atoms. The largest absolute Gasteiger partial charge is 0.368 e. The van der Waals surface area contributed by atoms with Crippen molar-refractivity contribution in [2.24, 2.45) is 0 Å². The minimum Gasteiger partial charge on any atom is -0.368 e. The van der Waals surface area contributed by atoms with Crippen molar-refractivity contribution < 1.29 is 17.2 Å². The minimum atomic E-state index is -4.38. The topological polar surface area (TPSA) is 98.0 Å². The first-order valence-electron chi connectivity index (χ1n) is 10.3. The average molecular weight is 499 g/mol. The number of fused-ring (bicyclic) bond motifs is 3. The standard InChI is InChI=1S/C24H17ClF2N4O2S/c25-17-10-14-6-8-19-22(23(30-24(28)29-19)13-4-2-1-3-5-13)16(14)12-20(17)31-34(32,33)21-9-7-15(26)11-18(21)27/h1-5,7,9-12,31H,6,8H2,(H2,28,29,30). The fourth-order valence-electron chi connectivity index (χ4n) is 4.07. The number of hydrogen-bond donors (Lipinski definition) is 2. The van der Waals surface area contributed by atoms with Crippen LogP contribution in [-0.2, 0) is 22.9 Å². The lowest BCUT2D eigenvalue weighted by molar-refractivity contribution is 0.551. The highest BCUT2D eigenvalue weighted by Gasteiger charge is 2.26. The minimum absolute atomic E-state index is 0.0489. The lowest BCUT2D eigenvalue weighted by Gasteiger charge is -2.23. The zero-order valence-corrected chi connectivity index (χ0v) is 19.1. The van der Waals surface area contributed by atoms with E-state index in [1.165, 1.54) is 0 Å². The van der Waals surface area contributed by atoms with E-state index in [2.05, 4.69) is 14.7 Å². The Kier molecular flexibility index (Phi) is 5.45. The van der Waals surface area contributed by atoms with Gasteiger partial charge in [-0.15, -0.1) is 0 Å². The Hall–Kier alpha value is -3.56. The van der Waals surface area contributed by atoms with Crippen LogP contribution in [0.25, 0.3) is 22.4 Å². The van der Waals surface area contributed by atoms with Crippen LogP contribution in [0.2, 0.25) is 5.02 Å². The summed E-state index contributed by atoms with van der Waals surface area (Å²) in [5.41, 5.74) is 10.5. The van der Waals surface area contributed by atoms with E-state index in [0.29, 0.717) is 30.2 Å². The Morgan fingerprint density at radius 1 is 0.971 bits per heavy atom. The first-order valence-corrected chi connectivity index (χ1v) is 12.1. The van der Waals surface area contributed by atoms with E-state index in [-0.39, 0.29) is 16.7 Å². The molecule has 4 aromatic rings. The van der Waals surface area contributed by atoms with Gasteiger partial charge in [-0.2, -0.15) is 0 Å². The summed E-state index contributed by atoms with van der Waals surface area (Å²) in [6, 6.07) is 14.9. The summed E-state index contributed by atoms with van der Waals surface area (Å²) in [4.78, 5) is 8.17. The van der Waals surface area contributed by atoms with Crippen LogP contribution in [0.3, 0.4) is 0 Å². The summed E-state index contributed by atoms with van der Waals surface area (Å²) < 4.78 is 55.5. The molecule has 1 aliphatic carbocycles. The first kappa shape index (κ1) is 22.2. The number of nitrogen functional groups attached to an aromatic ring is 1. The third-order valence-corrected chi connectivity index (χ3v) is 7.28. The number of halogens is 3. The third-order valence-electron chi connectivity index (χ3n) is 5.57. The van der Waals surface area contributed by atoms with Crippen molar-refractivity contribution in [3.05, 3.63) is 88.6 Å². The molecule has 3 N–H and O–H groups in total. The lowest BCUT2D eigenvalue weighted by atomic mass is 9.86. The van der Waals surface area contributed by atoms with Crippen molar-refractivity contribution in [1.29, 1.82) is 0 Å². The van der Waals surface area contributed by atoms with Crippen molar-refractivity contribution >= 4 is 33.3 Å². The molecule has 5 rings (SSSR count). The van der Waals surface area contributed by atoms with Crippen molar-refractivity contribution in [1.82, 2.24) is 9.97 Å². The molecular weight excluding hydrogens is 482 g/mol. The number of nitrogens with zero attached hydrogens (tertiary/aromatic N) is 2. The fourth-order valence-corrected chi connectivity index (χ4v) is 5.49. The summed E-state index contributed by atoms with van der Waals surface area (Å²) in [6.45, 7) is 0. The maximum atomic E-state index is 14.2. The van der Waals surface area contributed by atoms with Crippen molar-refractivity contribution in [2.75, 3.05) is 10.5 Å². The van der Waals surface area contributed by atoms with Crippen LogP contribution >= 0.6 is 11.6 Å². The van der Waals surface area contributed by atoms with Crippen molar-refractivity contribution in [2.45, 2.75) is 17.7 Å². The van der Waals surface area contributed by atoms with Gasteiger partial charge in [0.05, 0.1) is 22.1 Å². The second-order valence-electron chi connectivity index (χ2n) is 7.79. The molecule has 0 unspecified atom stereocenters. The monoisotopic (exact) mass is 498 g/mol. The van der Waals surface area contributed by atoms with Gasteiger partial charge in [0.1, 0.15) is 16.5 Å². The molecule has 0 saturated carbocycles. The molecular formula is C24H17ClF2N4O2S. The van der Waals surface area contributed by atoms with Gasteiger partial charge in [-0.1, -0.05) is 41.9 Å². The Morgan fingerprint density at radius 3 is 2.47 bits per heavy atom. The number of nitrogens with one attached hydrogen (secondary N) is 1. The first-order chi connectivity index (χ1) is 16.2. The van der Waals surface area contributed by atoms with Crippen LogP contribution < -0.4 is 10.5 Å². The van der Waals surface area contributed by atoms with Crippen LogP contribution in [0.15, 0.2) is 65.6 Å². The van der Waals surface area contributed by atoms with Crippen LogP contribution in [-0.4, -0.2) is 18.4 Å². The SMILES string of the molecule is Nc1nc2c(c(-c3ccccc3)n1)-c1cc(NS(=O)(=O)c3ccc(F)cc3F)c(Cl)cc1CC2. The fraction of sp³-hybridized carbons (Fsp3) is 0.0833. The van der Waals surface area contributed by atoms with Gasteiger partial charge < -0.3 is 5.73 Å². The quantitative estimate of drug-likeness (QED) is 0.402. The van der Waals surface area contributed by atoms with Gasteiger partial charge in [0, 0.05) is 17.2 Å². The highest BCUT2D eigenvalue weighted by Crippen LogP contribution is 2.42. The Balaban J connectivity index is 1.65. The molecule has 34 heavy (non-hydrogen) atoms. The van der Waals surface area contributed by atoms with E-state index in [1.807, 2.05) is 30.3 Å². The van der Waals surface area contributed by atoms with Gasteiger partial charge >= 0.3 is 0 Å². The van der Waals surface area contributed by atoms with E-state index < -0.39 is 26.6 Å². The highest BCUT2D eigenvalue weighted by atomic mass is 35.5. The molecule has 0 amide bonds. The molecule has 6 nitrogen and oxygen atoms in total. The summed E-state index contributed by atoms with van der Waals surface area (Å²) in [6.07, 6.45) is 1.23. The zero-order valence-electron chi connectivity index (χ0n) is 17.5. The molecule has 0 spiro atoms. The van der Waals surface area contributed by atoms with Crippen molar-refractivity contribution in [3.63, 3.8) is 0 Å². The number of aryl methyl sites for hydroxylation is 2. The molecule has 172 valence electrons. The van der Waals surface area contributed by atoms with E-state index in [9.17, 15) is 17.2 Å². The summed E-state index contributed by atoms with van der Waals surface area (Å²) in [5.74, 6) is -1.95. The predicted molar refractivity (Wildman–Crippen MR) is 127 cm³/mol. The maximum absolute atomic E-state index is 14.2. The molecule has 1 aromatic heterocycles. The number of rotatable bonds is 4. The molecule has 0 aliphatic heterocycles. The Labute approximate surface area is 199 Å². The van der Waals surface area contributed by atoms with Crippen LogP contribution in [0, 0.1) is 11.6 Å². The van der Waals surface area contributed by atoms with Gasteiger partial charge in [-0.25, -0.2) is 27.2 Å². The molecule has 0 atom stereocenters. The lowest BCUT2D eigenvalue weighted by Crippen LogP contribution is -2.16.